The first-order valence-corrected chi connectivity index (χ1v) is 7.93. The fraction of sp³-hybridized carbons (Fsp3) is 0.0588. The summed E-state index contributed by atoms with van der Waals surface area (Å²) in [6, 6.07) is 8.23. The van der Waals surface area contributed by atoms with Crippen LogP contribution in [0.25, 0.3) is 11.0 Å². The van der Waals surface area contributed by atoms with E-state index in [1.54, 1.807) is 6.07 Å². The minimum atomic E-state index is -0.720. The number of halogens is 1. The maximum atomic E-state index is 12.1. The Hall–Kier alpha value is -3.59. The second-order valence-corrected chi connectivity index (χ2v) is 5.71. The molecule has 0 saturated heterocycles. The number of nitro groups is 1. The summed E-state index contributed by atoms with van der Waals surface area (Å²) in [5.41, 5.74) is 1.16. The number of nitro benzene ring substituents is 1. The second-order valence-electron chi connectivity index (χ2n) is 5.31. The number of fused-ring (bicyclic) bond motifs is 1. The van der Waals surface area contributed by atoms with Crippen LogP contribution in [0.1, 0.15) is 10.4 Å². The number of anilines is 1. The summed E-state index contributed by atoms with van der Waals surface area (Å²) in [6.45, 7) is -0.587. The average Bonchev–Trinajstić information content (AvgIpc) is 2.67. The summed E-state index contributed by atoms with van der Waals surface area (Å²) in [6.07, 6.45) is 3.03. The van der Waals surface area contributed by atoms with E-state index in [0.29, 0.717) is 11.0 Å². The Morgan fingerprint density at radius 1 is 1.11 bits per heavy atom. The molecule has 0 radical (unpaired) electrons. The second kappa shape index (κ2) is 7.75. The Morgan fingerprint density at radius 3 is 2.59 bits per heavy atom. The molecule has 3 rings (SSSR count). The zero-order valence-electron chi connectivity index (χ0n) is 13.6. The van der Waals surface area contributed by atoms with Gasteiger partial charge in [0.25, 0.3) is 11.6 Å². The minimum absolute atomic E-state index is 0.0490. The molecule has 0 saturated carbocycles. The predicted molar refractivity (Wildman–Crippen MR) is 96.6 cm³/mol. The Bertz CT molecular complexity index is 1060. The van der Waals surface area contributed by atoms with Crippen molar-refractivity contribution in [2.45, 2.75) is 0 Å². The molecule has 0 aliphatic heterocycles. The first-order chi connectivity index (χ1) is 12.9. The number of hydrogen-bond acceptors (Lipinski definition) is 7. The van der Waals surface area contributed by atoms with Crippen LogP contribution < -0.4 is 5.32 Å². The lowest BCUT2D eigenvalue weighted by Crippen LogP contribution is -2.21. The van der Waals surface area contributed by atoms with Crippen LogP contribution in [0.3, 0.4) is 0 Å². The van der Waals surface area contributed by atoms with Crippen molar-refractivity contribution in [3.8, 4) is 0 Å². The molecule has 0 fully saturated rings. The number of aromatic nitrogens is 2. The Balaban J connectivity index is 1.64. The van der Waals surface area contributed by atoms with Gasteiger partial charge in [-0.15, -0.1) is 0 Å². The molecule has 9 nitrogen and oxygen atoms in total. The van der Waals surface area contributed by atoms with Gasteiger partial charge in [0.05, 0.1) is 32.2 Å². The molecule has 0 spiro atoms. The Labute approximate surface area is 157 Å². The number of benzene rings is 2. The third-order valence-electron chi connectivity index (χ3n) is 3.47. The van der Waals surface area contributed by atoms with Crippen LogP contribution in [0.4, 0.5) is 11.4 Å². The van der Waals surface area contributed by atoms with E-state index in [1.807, 2.05) is 0 Å². The highest BCUT2D eigenvalue weighted by molar-refractivity contribution is 6.33. The summed E-state index contributed by atoms with van der Waals surface area (Å²) in [5.74, 6) is -1.41. The van der Waals surface area contributed by atoms with E-state index in [9.17, 15) is 19.7 Å². The van der Waals surface area contributed by atoms with Crippen molar-refractivity contribution < 1.29 is 19.2 Å². The average molecular weight is 387 g/mol. The van der Waals surface area contributed by atoms with Crippen LogP contribution in [0.15, 0.2) is 48.8 Å². The number of nitrogens with zero attached hydrogens (tertiary/aromatic N) is 3. The van der Waals surface area contributed by atoms with Gasteiger partial charge in [0.15, 0.2) is 6.61 Å². The Kier molecular flexibility index (Phi) is 5.23. The van der Waals surface area contributed by atoms with E-state index in [2.05, 4.69) is 15.3 Å². The third kappa shape index (κ3) is 4.33. The van der Waals surface area contributed by atoms with Gasteiger partial charge in [-0.1, -0.05) is 11.6 Å². The molecule has 0 aliphatic carbocycles. The smallest absolute Gasteiger partial charge is 0.338 e. The lowest BCUT2D eigenvalue weighted by molar-refractivity contribution is -0.384. The normalized spacial score (nSPS) is 10.4. The van der Waals surface area contributed by atoms with Crippen LogP contribution in [-0.4, -0.2) is 33.4 Å². The summed E-state index contributed by atoms with van der Waals surface area (Å²) < 4.78 is 4.95. The molecule has 0 aliphatic rings. The maximum Gasteiger partial charge on any atom is 0.338 e. The molecule has 10 heteroatoms. The van der Waals surface area contributed by atoms with Gasteiger partial charge in [-0.05, 0) is 24.3 Å². The summed E-state index contributed by atoms with van der Waals surface area (Å²) in [4.78, 5) is 42.4. The molecule has 1 aromatic heterocycles. The number of ether oxygens (including phenoxy) is 1. The van der Waals surface area contributed by atoms with E-state index in [-0.39, 0.29) is 22.0 Å². The molecule has 1 heterocycles. The SMILES string of the molecule is O=C(COC(=O)c1ccc2nccnc2c1)Nc1cc([N+](=O)[O-])ccc1Cl. The minimum Gasteiger partial charge on any atom is -0.452 e. The van der Waals surface area contributed by atoms with E-state index < -0.39 is 23.4 Å². The molecule has 3 aromatic rings. The molecule has 136 valence electrons. The highest BCUT2D eigenvalue weighted by Gasteiger charge is 2.15. The standard InChI is InChI=1S/C17H11ClN4O5/c18-12-3-2-11(22(25)26)8-14(12)21-16(23)9-27-17(24)10-1-4-13-15(7-10)20-6-5-19-13/h1-8H,9H2,(H,21,23). The number of carbonyl (C=O) groups excluding carboxylic acids is 2. The van der Waals surface area contributed by atoms with Crippen LogP contribution in [0.2, 0.25) is 5.02 Å². The van der Waals surface area contributed by atoms with Crippen molar-refractivity contribution >= 4 is 45.9 Å². The zero-order valence-corrected chi connectivity index (χ0v) is 14.3. The highest BCUT2D eigenvalue weighted by atomic mass is 35.5. The lowest BCUT2D eigenvalue weighted by atomic mass is 10.2. The summed E-state index contributed by atoms with van der Waals surface area (Å²) in [5, 5.41) is 13.3. The van der Waals surface area contributed by atoms with E-state index in [0.717, 1.165) is 6.07 Å². The van der Waals surface area contributed by atoms with Gasteiger partial charge in [0.2, 0.25) is 0 Å². The topological polar surface area (TPSA) is 124 Å². The molecular weight excluding hydrogens is 376 g/mol. The number of carbonyl (C=O) groups is 2. The number of non-ortho nitro benzene ring substituents is 1. The number of rotatable bonds is 5. The van der Waals surface area contributed by atoms with Crippen molar-refractivity contribution in [2.24, 2.45) is 0 Å². The molecule has 1 N–H and O–H groups in total. The Morgan fingerprint density at radius 2 is 1.85 bits per heavy atom. The number of amides is 1. The molecule has 0 atom stereocenters. The van der Waals surface area contributed by atoms with Crippen LogP contribution in [0.5, 0.6) is 0 Å². The predicted octanol–water partition coefficient (Wildman–Crippen LogP) is 2.99. The van der Waals surface area contributed by atoms with Gasteiger partial charge in [-0.3, -0.25) is 24.9 Å². The monoisotopic (exact) mass is 386 g/mol. The van der Waals surface area contributed by atoms with Gasteiger partial charge < -0.3 is 10.1 Å². The molecule has 1 amide bonds. The van der Waals surface area contributed by atoms with E-state index in [1.165, 1.54) is 36.7 Å². The van der Waals surface area contributed by atoms with Gasteiger partial charge in [0.1, 0.15) is 0 Å². The first kappa shape index (κ1) is 18.2. The van der Waals surface area contributed by atoms with E-state index >= 15 is 0 Å². The van der Waals surface area contributed by atoms with Crippen LogP contribution in [0, 0.1) is 10.1 Å². The summed E-state index contributed by atoms with van der Waals surface area (Å²) in [7, 11) is 0. The molecule has 0 unspecified atom stereocenters. The number of hydrogen-bond donors (Lipinski definition) is 1. The van der Waals surface area contributed by atoms with Gasteiger partial charge in [0, 0.05) is 24.5 Å². The summed E-state index contributed by atoms with van der Waals surface area (Å²) >= 11 is 5.90. The molecule has 2 aromatic carbocycles. The van der Waals surface area contributed by atoms with Crippen molar-refractivity contribution in [2.75, 3.05) is 11.9 Å². The van der Waals surface area contributed by atoms with Gasteiger partial charge in [-0.2, -0.15) is 0 Å². The van der Waals surface area contributed by atoms with Crippen molar-refractivity contribution in [3.63, 3.8) is 0 Å². The fourth-order valence-electron chi connectivity index (χ4n) is 2.21. The van der Waals surface area contributed by atoms with Gasteiger partial charge in [-0.25, -0.2) is 4.79 Å². The van der Waals surface area contributed by atoms with Crippen LogP contribution in [-0.2, 0) is 9.53 Å². The molecule has 0 bridgehead atoms. The van der Waals surface area contributed by atoms with Crippen molar-refractivity contribution in [3.05, 3.63) is 69.5 Å². The maximum absolute atomic E-state index is 12.1. The molecule has 27 heavy (non-hydrogen) atoms. The quantitative estimate of drug-likeness (QED) is 0.406. The lowest BCUT2D eigenvalue weighted by Gasteiger charge is -2.08. The number of nitrogens with one attached hydrogen (secondary N) is 1. The first-order valence-electron chi connectivity index (χ1n) is 7.56. The van der Waals surface area contributed by atoms with Crippen molar-refractivity contribution in [1.82, 2.24) is 9.97 Å². The molecular formula is C17H11ClN4O5. The van der Waals surface area contributed by atoms with Gasteiger partial charge >= 0.3 is 5.97 Å². The fourth-order valence-corrected chi connectivity index (χ4v) is 2.38. The third-order valence-corrected chi connectivity index (χ3v) is 3.80. The highest BCUT2D eigenvalue weighted by Crippen LogP contribution is 2.26. The largest absolute Gasteiger partial charge is 0.452 e. The number of esters is 1. The van der Waals surface area contributed by atoms with Crippen LogP contribution >= 0.6 is 11.6 Å². The zero-order chi connectivity index (χ0) is 19.4. The van der Waals surface area contributed by atoms with E-state index in [4.69, 9.17) is 16.3 Å². The van der Waals surface area contributed by atoms with Crippen molar-refractivity contribution in [1.29, 1.82) is 0 Å².